The summed E-state index contributed by atoms with van der Waals surface area (Å²) in [5, 5.41) is 16.4. The van der Waals surface area contributed by atoms with Crippen LogP contribution in [0.5, 0.6) is 0 Å². The number of anilines is 2. The Morgan fingerprint density at radius 3 is 2.35 bits per heavy atom. The van der Waals surface area contributed by atoms with Crippen molar-refractivity contribution in [3.05, 3.63) is 87.6 Å². The number of benzene rings is 2. The molecule has 6 nitrogen and oxygen atoms in total. The third-order valence-electron chi connectivity index (χ3n) is 4.21. The van der Waals surface area contributed by atoms with E-state index in [9.17, 15) is 9.59 Å². The van der Waals surface area contributed by atoms with E-state index >= 15 is 0 Å². The molecule has 0 aliphatic carbocycles. The molecule has 9 heteroatoms. The topological polar surface area (TPSA) is 84.0 Å². The molecule has 0 saturated carbocycles. The fourth-order valence-electron chi connectivity index (χ4n) is 2.77. The van der Waals surface area contributed by atoms with E-state index in [4.69, 9.17) is 0 Å². The quantitative estimate of drug-likeness (QED) is 0.345. The number of carbonyl (C=O) groups is 2. The van der Waals surface area contributed by atoms with Crippen LogP contribution in [0.25, 0.3) is 0 Å². The van der Waals surface area contributed by atoms with E-state index in [-0.39, 0.29) is 11.8 Å². The molecular formula is C22H18N4O2S3. The summed E-state index contributed by atoms with van der Waals surface area (Å²) >= 11 is 4.17. The van der Waals surface area contributed by atoms with E-state index in [1.807, 2.05) is 73.0 Å². The Bertz CT molecular complexity index is 1160. The molecular weight excluding hydrogens is 448 g/mol. The number of thiophene rings is 1. The van der Waals surface area contributed by atoms with E-state index in [2.05, 4.69) is 20.8 Å². The Hall–Kier alpha value is -3.01. The number of aromatic nitrogens is 2. The number of carbonyl (C=O) groups excluding carboxylic acids is 2. The van der Waals surface area contributed by atoms with E-state index in [0.29, 0.717) is 15.7 Å². The third-order valence-corrected chi connectivity index (χ3v) is 7.10. The van der Waals surface area contributed by atoms with E-state index in [0.717, 1.165) is 15.5 Å². The van der Waals surface area contributed by atoms with Crippen molar-refractivity contribution in [3.63, 3.8) is 0 Å². The van der Waals surface area contributed by atoms with Gasteiger partial charge < -0.3 is 5.32 Å². The summed E-state index contributed by atoms with van der Waals surface area (Å²) < 4.78 is 0. The first kappa shape index (κ1) is 21.2. The van der Waals surface area contributed by atoms with Crippen molar-refractivity contribution in [2.45, 2.75) is 17.1 Å². The van der Waals surface area contributed by atoms with Crippen LogP contribution in [0.1, 0.15) is 25.5 Å². The fraction of sp³-hybridized carbons (Fsp3) is 0.0909. The average Bonchev–Trinajstić information content (AvgIpc) is 3.46. The smallest absolute Gasteiger partial charge is 0.265 e. The van der Waals surface area contributed by atoms with Crippen molar-refractivity contribution >= 4 is 57.1 Å². The molecule has 2 amide bonds. The van der Waals surface area contributed by atoms with Gasteiger partial charge in [-0.3, -0.25) is 14.9 Å². The van der Waals surface area contributed by atoms with Crippen molar-refractivity contribution in [3.8, 4) is 0 Å². The molecule has 2 N–H and O–H groups in total. The summed E-state index contributed by atoms with van der Waals surface area (Å²) in [6, 6.07) is 20.7. The Balaban J connectivity index is 1.48. The van der Waals surface area contributed by atoms with Gasteiger partial charge >= 0.3 is 0 Å². The molecule has 0 spiro atoms. The average molecular weight is 467 g/mol. The van der Waals surface area contributed by atoms with Crippen LogP contribution in [0.4, 0.5) is 10.8 Å². The van der Waals surface area contributed by atoms with Gasteiger partial charge in [0.2, 0.25) is 11.0 Å². The molecule has 1 unspecified atom stereocenters. The first-order valence-corrected chi connectivity index (χ1v) is 11.9. The van der Waals surface area contributed by atoms with Crippen LogP contribution in [0.15, 0.2) is 77.0 Å². The summed E-state index contributed by atoms with van der Waals surface area (Å²) in [5.74, 6) is -0.299. The van der Waals surface area contributed by atoms with Crippen molar-refractivity contribution < 1.29 is 9.59 Å². The normalized spacial score (nSPS) is 11.6. The second-order valence-corrected chi connectivity index (χ2v) is 9.79. The molecule has 0 radical (unpaired) electrons. The molecule has 0 aliphatic heterocycles. The van der Waals surface area contributed by atoms with Crippen molar-refractivity contribution in [2.75, 3.05) is 10.6 Å². The molecule has 0 fully saturated rings. The van der Waals surface area contributed by atoms with Gasteiger partial charge in [-0.25, -0.2) is 0 Å². The molecule has 31 heavy (non-hydrogen) atoms. The Morgan fingerprint density at radius 2 is 1.71 bits per heavy atom. The highest BCUT2D eigenvalue weighted by Crippen LogP contribution is 2.37. The van der Waals surface area contributed by atoms with Crippen LogP contribution in [0.3, 0.4) is 0 Å². The molecule has 2 heterocycles. The van der Waals surface area contributed by atoms with Crippen LogP contribution in [0, 0.1) is 6.92 Å². The lowest BCUT2D eigenvalue weighted by atomic mass is 10.1. The second-order valence-electron chi connectivity index (χ2n) is 6.48. The Morgan fingerprint density at radius 1 is 0.935 bits per heavy atom. The van der Waals surface area contributed by atoms with Gasteiger partial charge in [-0.15, -0.1) is 33.3 Å². The fourth-order valence-corrected chi connectivity index (χ4v) is 5.01. The van der Waals surface area contributed by atoms with Gasteiger partial charge in [-0.2, -0.15) is 0 Å². The van der Waals surface area contributed by atoms with Crippen LogP contribution >= 0.6 is 34.4 Å². The molecule has 1 atom stereocenters. The monoisotopic (exact) mass is 466 g/mol. The summed E-state index contributed by atoms with van der Waals surface area (Å²) in [5.41, 5.74) is 1.59. The Labute approximate surface area is 191 Å². The van der Waals surface area contributed by atoms with Crippen LogP contribution in [0.2, 0.25) is 0 Å². The summed E-state index contributed by atoms with van der Waals surface area (Å²) in [6.45, 7) is 1.84. The van der Waals surface area contributed by atoms with Gasteiger partial charge in [0.1, 0.15) is 10.3 Å². The predicted octanol–water partition coefficient (Wildman–Crippen LogP) is 5.63. The number of nitrogens with zero attached hydrogens (tertiary/aromatic N) is 2. The lowest BCUT2D eigenvalue weighted by Gasteiger charge is -2.16. The maximum atomic E-state index is 13.0. The zero-order valence-electron chi connectivity index (χ0n) is 16.4. The highest BCUT2D eigenvalue weighted by Gasteiger charge is 2.23. The third kappa shape index (κ3) is 5.57. The lowest BCUT2D eigenvalue weighted by molar-refractivity contribution is -0.115. The van der Waals surface area contributed by atoms with Gasteiger partial charge in [0.25, 0.3) is 5.91 Å². The summed E-state index contributed by atoms with van der Waals surface area (Å²) in [4.78, 5) is 26.8. The highest BCUT2D eigenvalue weighted by atomic mass is 32.2. The number of aryl methyl sites for hydroxylation is 1. The maximum absolute atomic E-state index is 13.0. The van der Waals surface area contributed by atoms with E-state index < -0.39 is 5.25 Å². The van der Waals surface area contributed by atoms with Gasteiger partial charge in [0.15, 0.2) is 0 Å². The first-order chi connectivity index (χ1) is 15.1. The van der Waals surface area contributed by atoms with E-state index in [1.54, 1.807) is 6.07 Å². The zero-order chi connectivity index (χ0) is 21.6. The minimum atomic E-state index is -0.461. The standard InChI is InChI=1S/C22H18N4O2S3/c1-14-25-26-22(30-14)24-21(28)19(15-6-3-2-4-7-15)31-17-11-9-16(10-12-17)23-20(27)18-8-5-13-29-18/h2-13,19H,1H3,(H,23,27)(H,24,26,28). The van der Waals surface area contributed by atoms with Crippen molar-refractivity contribution in [2.24, 2.45) is 0 Å². The molecule has 0 saturated heterocycles. The van der Waals surface area contributed by atoms with Gasteiger partial charge in [-0.05, 0) is 48.2 Å². The van der Waals surface area contributed by atoms with Crippen LogP contribution in [-0.2, 0) is 4.79 Å². The maximum Gasteiger partial charge on any atom is 0.265 e. The lowest BCUT2D eigenvalue weighted by Crippen LogP contribution is -2.19. The van der Waals surface area contributed by atoms with Crippen LogP contribution < -0.4 is 10.6 Å². The number of hydrogen-bond acceptors (Lipinski definition) is 7. The number of amides is 2. The summed E-state index contributed by atoms with van der Waals surface area (Å²) in [7, 11) is 0. The zero-order valence-corrected chi connectivity index (χ0v) is 18.9. The Kier molecular flexibility index (Phi) is 6.76. The molecule has 0 bridgehead atoms. The number of nitrogens with one attached hydrogen (secondary N) is 2. The van der Waals surface area contributed by atoms with Gasteiger partial charge in [-0.1, -0.05) is 47.7 Å². The minimum absolute atomic E-state index is 0.135. The van der Waals surface area contributed by atoms with Crippen LogP contribution in [-0.4, -0.2) is 22.0 Å². The SMILES string of the molecule is Cc1nnc(NC(=O)C(Sc2ccc(NC(=O)c3cccs3)cc2)c2ccccc2)s1. The molecule has 0 aliphatic rings. The minimum Gasteiger partial charge on any atom is -0.321 e. The molecule has 2 aromatic heterocycles. The number of hydrogen-bond donors (Lipinski definition) is 2. The first-order valence-electron chi connectivity index (χ1n) is 9.36. The highest BCUT2D eigenvalue weighted by molar-refractivity contribution is 8.00. The van der Waals surface area contributed by atoms with Gasteiger partial charge in [0, 0.05) is 10.6 Å². The molecule has 4 aromatic rings. The summed E-state index contributed by atoms with van der Waals surface area (Å²) in [6.07, 6.45) is 0. The molecule has 2 aromatic carbocycles. The molecule has 4 rings (SSSR count). The van der Waals surface area contributed by atoms with Gasteiger partial charge in [0.05, 0.1) is 4.88 Å². The van der Waals surface area contributed by atoms with E-state index in [1.165, 1.54) is 34.4 Å². The largest absolute Gasteiger partial charge is 0.321 e. The predicted molar refractivity (Wildman–Crippen MR) is 127 cm³/mol. The number of thioether (sulfide) groups is 1. The second kappa shape index (κ2) is 9.86. The molecule has 156 valence electrons. The van der Waals surface area contributed by atoms with Crippen molar-refractivity contribution in [1.82, 2.24) is 10.2 Å². The number of rotatable bonds is 7. The van der Waals surface area contributed by atoms with Crippen molar-refractivity contribution in [1.29, 1.82) is 0 Å².